The molecule has 0 bridgehead atoms. The Labute approximate surface area is 229 Å². The molecule has 6 nitrogen and oxygen atoms in total. The maximum atomic E-state index is 14.0. The second kappa shape index (κ2) is 9.92. The quantitative estimate of drug-likeness (QED) is 0.287. The first kappa shape index (κ1) is 26.5. The van der Waals surface area contributed by atoms with Crippen LogP contribution in [0.15, 0.2) is 63.8 Å². The molecule has 3 aromatic carbocycles. The average molecular weight is 526 g/mol. The zero-order valence-corrected chi connectivity index (χ0v) is 23.7. The van der Waals surface area contributed by atoms with Gasteiger partial charge in [-0.05, 0) is 71.7 Å². The molecule has 0 saturated heterocycles. The second-order valence-corrected chi connectivity index (χ2v) is 11.3. The molecule has 0 fully saturated rings. The molecule has 1 aliphatic heterocycles. The van der Waals surface area contributed by atoms with Gasteiger partial charge in [0, 0.05) is 6.54 Å². The number of fused-ring (bicyclic) bond motifs is 2. The van der Waals surface area contributed by atoms with E-state index in [1.54, 1.807) is 19.1 Å². The van der Waals surface area contributed by atoms with Crippen LogP contribution < -0.4 is 14.9 Å². The Bertz CT molecular complexity index is 1630. The van der Waals surface area contributed by atoms with Crippen LogP contribution in [0.25, 0.3) is 11.0 Å². The highest BCUT2D eigenvalue weighted by atomic mass is 16.5. The lowest BCUT2D eigenvalue weighted by Crippen LogP contribution is -2.31. The van der Waals surface area contributed by atoms with E-state index in [2.05, 4.69) is 32.9 Å². The first-order valence-corrected chi connectivity index (χ1v) is 13.2. The standard InChI is InChI=1S/C33H35NO5/c1-19-16-20(2)27-26(17-19)39-31-28(30(27)35)29(22-9-11-23(12-10-22)33(3,4)5)34(32(31)36)15-14-21-8-13-24(37-6)25(18-21)38-7/h8-13,16-18,29H,14-15H2,1-7H3. The second-order valence-electron chi connectivity index (χ2n) is 11.3. The summed E-state index contributed by atoms with van der Waals surface area (Å²) in [5.41, 5.74) is 5.60. The summed E-state index contributed by atoms with van der Waals surface area (Å²) in [5, 5.41) is 0.533. The van der Waals surface area contributed by atoms with Gasteiger partial charge in [0.05, 0.1) is 31.2 Å². The van der Waals surface area contributed by atoms with Crippen LogP contribution >= 0.6 is 0 Å². The fourth-order valence-corrected chi connectivity index (χ4v) is 5.54. The zero-order valence-electron chi connectivity index (χ0n) is 23.7. The molecule has 1 unspecified atom stereocenters. The van der Waals surface area contributed by atoms with Crippen molar-refractivity contribution < 1.29 is 18.7 Å². The molecule has 39 heavy (non-hydrogen) atoms. The van der Waals surface area contributed by atoms with Crippen molar-refractivity contribution in [3.05, 3.63) is 104 Å². The lowest BCUT2D eigenvalue weighted by Gasteiger charge is -2.26. The Hall–Kier alpha value is -4.06. The van der Waals surface area contributed by atoms with Gasteiger partial charge in [-0.1, -0.05) is 57.2 Å². The van der Waals surface area contributed by atoms with Gasteiger partial charge in [-0.25, -0.2) is 0 Å². The van der Waals surface area contributed by atoms with Crippen molar-refractivity contribution in [2.24, 2.45) is 0 Å². The monoisotopic (exact) mass is 525 g/mol. The fraction of sp³-hybridized carbons (Fsp3) is 0.333. The van der Waals surface area contributed by atoms with Gasteiger partial charge in [0.2, 0.25) is 5.76 Å². The molecule has 1 amide bonds. The van der Waals surface area contributed by atoms with Crippen molar-refractivity contribution >= 4 is 16.9 Å². The maximum Gasteiger partial charge on any atom is 0.290 e. The Morgan fingerprint density at radius 2 is 1.59 bits per heavy atom. The summed E-state index contributed by atoms with van der Waals surface area (Å²) in [6, 6.07) is 17.2. The number of amides is 1. The Kier molecular flexibility index (Phi) is 6.75. The van der Waals surface area contributed by atoms with Crippen LogP contribution in [0, 0.1) is 13.8 Å². The lowest BCUT2D eigenvalue weighted by atomic mass is 9.85. The summed E-state index contributed by atoms with van der Waals surface area (Å²) in [6.45, 7) is 10.8. The molecule has 1 aromatic heterocycles. The smallest absolute Gasteiger partial charge is 0.290 e. The number of rotatable bonds is 6. The van der Waals surface area contributed by atoms with Gasteiger partial charge < -0.3 is 18.8 Å². The van der Waals surface area contributed by atoms with Crippen molar-refractivity contribution in [1.82, 2.24) is 4.90 Å². The molecule has 1 atom stereocenters. The van der Waals surface area contributed by atoms with Crippen LogP contribution in [-0.4, -0.2) is 31.6 Å². The first-order valence-electron chi connectivity index (χ1n) is 13.2. The number of hydrogen-bond acceptors (Lipinski definition) is 5. The third kappa shape index (κ3) is 4.69. The predicted molar refractivity (Wildman–Crippen MR) is 153 cm³/mol. The molecule has 6 heteroatoms. The van der Waals surface area contributed by atoms with Crippen LogP contribution in [0.1, 0.15) is 70.7 Å². The molecule has 0 radical (unpaired) electrons. The Morgan fingerprint density at radius 1 is 0.897 bits per heavy atom. The summed E-state index contributed by atoms with van der Waals surface area (Å²) in [4.78, 5) is 29.6. The van der Waals surface area contributed by atoms with E-state index < -0.39 is 6.04 Å². The third-order valence-corrected chi connectivity index (χ3v) is 7.59. The number of methoxy groups -OCH3 is 2. The van der Waals surface area contributed by atoms with Crippen molar-refractivity contribution in [2.45, 2.75) is 52.5 Å². The van der Waals surface area contributed by atoms with E-state index in [0.717, 1.165) is 22.3 Å². The Morgan fingerprint density at radius 3 is 2.23 bits per heavy atom. The third-order valence-electron chi connectivity index (χ3n) is 7.59. The van der Waals surface area contributed by atoms with Crippen molar-refractivity contribution in [2.75, 3.05) is 20.8 Å². The predicted octanol–water partition coefficient (Wildman–Crippen LogP) is 6.51. The van der Waals surface area contributed by atoms with Crippen LogP contribution in [0.3, 0.4) is 0 Å². The molecule has 0 N–H and O–H groups in total. The van der Waals surface area contributed by atoms with E-state index in [0.29, 0.717) is 41.0 Å². The number of aryl methyl sites for hydroxylation is 2. The van der Waals surface area contributed by atoms with Crippen molar-refractivity contribution in [3.8, 4) is 11.5 Å². The number of carbonyl (C=O) groups excluding carboxylic acids is 1. The van der Waals surface area contributed by atoms with Gasteiger partial charge in [-0.15, -0.1) is 0 Å². The van der Waals surface area contributed by atoms with Gasteiger partial charge in [0.15, 0.2) is 16.9 Å². The van der Waals surface area contributed by atoms with Crippen LogP contribution in [0.4, 0.5) is 0 Å². The molecular formula is C33H35NO5. The first-order chi connectivity index (χ1) is 18.5. The van der Waals surface area contributed by atoms with Gasteiger partial charge >= 0.3 is 0 Å². The van der Waals surface area contributed by atoms with Gasteiger partial charge in [-0.2, -0.15) is 0 Å². The van der Waals surface area contributed by atoms with E-state index in [-0.39, 0.29) is 22.5 Å². The normalized spacial score (nSPS) is 15.1. The number of nitrogens with zero attached hydrogens (tertiary/aromatic N) is 1. The van der Waals surface area contributed by atoms with E-state index in [9.17, 15) is 9.59 Å². The lowest BCUT2D eigenvalue weighted by molar-refractivity contribution is 0.0730. The van der Waals surface area contributed by atoms with Crippen LogP contribution in [-0.2, 0) is 11.8 Å². The minimum atomic E-state index is -0.539. The van der Waals surface area contributed by atoms with E-state index in [1.807, 2.05) is 56.3 Å². The molecule has 202 valence electrons. The zero-order chi connectivity index (χ0) is 28.1. The largest absolute Gasteiger partial charge is 0.493 e. The molecule has 4 aromatic rings. The van der Waals surface area contributed by atoms with Gasteiger partial charge in [-0.3, -0.25) is 9.59 Å². The summed E-state index contributed by atoms with van der Waals surface area (Å²) in [7, 11) is 3.20. The number of benzene rings is 3. The van der Waals surface area contributed by atoms with E-state index in [4.69, 9.17) is 13.9 Å². The van der Waals surface area contributed by atoms with Gasteiger partial charge in [0.25, 0.3) is 5.91 Å². The molecule has 5 rings (SSSR count). The fourth-order valence-electron chi connectivity index (χ4n) is 5.54. The molecule has 0 spiro atoms. The molecule has 0 saturated carbocycles. The van der Waals surface area contributed by atoms with Crippen molar-refractivity contribution in [1.29, 1.82) is 0 Å². The summed E-state index contributed by atoms with van der Waals surface area (Å²) < 4.78 is 17.0. The van der Waals surface area contributed by atoms with Crippen LogP contribution in [0.2, 0.25) is 0 Å². The number of carbonyl (C=O) groups is 1. The van der Waals surface area contributed by atoms with Crippen LogP contribution in [0.5, 0.6) is 11.5 Å². The molecule has 2 heterocycles. The van der Waals surface area contributed by atoms with Gasteiger partial charge in [0.1, 0.15) is 5.58 Å². The highest BCUT2D eigenvalue weighted by Gasteiger charge is 2.42. The Balaban J connectivity index is 1.62. The highest BCUT2D eigenvalue weighted by molar-refractivity contribution is 5.99. The summed E-state index contributed by atoms with van der Waals surface area (Å²) in [5.74, 6) is 1.15. The topological polar surface area (TPSA) is 69.0 Å². The maximum absolute atomic E-state index is 14.0. The number of hydrogen-bond donors (Lipinski definition) is 0. The minimum absolute atomic E-state index is 0.0146. The van der Waals surface area contributed by atoms with E-state index in [1.165, 1.54) is 5.56 Å². The van der Waals surface area contributed by atoms with E-state index >= 15 is 0 Å². The molecule has 1 aliphatic rings. The highest BCUT2D eigenvalue weighted by Crippen LogP contribution is 2.39. The minimum Gasteiger partial charge on any atom is -0.493 e. The summed E-state index contributed by atoms with van der Waals surface area (Å²) in [6.07, 6.45) is 0.572. The SMILES string of the molecule is COc1ccc(CCN2C(=O)c3oc4cc(C)cc(C)c4c(=O)c3C2c2ccc(C(C)(C)C)cc2)cc1OC. The summed E-state index contributed by atoms with van der Waals surface area (Å²) >= 11 is 0. The molecule has 0 aliphatic carbocycles. The number of ether oxygens (including phenoxy) is 2. The van der Waals surface area contributed by atoms with Crippen molar-refractivity contribution in [3.63, 3.8) is 0 Å². The molecular weight excluding hydrogens is 490 g/mol. The average Bonchev–Trinajstić information content (AvgIpc) is 3.17.